The monoisotopic (exact) mass is 855 g/mol. The molecule has 0 aliphatic carbocycles. The fourth-order valence-corrected chi connectivity index (χ4v) is 10.7. The summed E-state index contributed by atoms with van der Waals surface area (Å²) in [5.41, 5.74) is 14.2. The van der Waals surface area contributed by atoms with E-state index < -0.39 is 5.41 Å². The zero-order valence-electron chi connectivity index (χ0n) is 36.6. The van der Waals surface area contributed by atoms with Crippen LogP contribution in [0.2, 0.25) is 0 Å². The average molecular weight is 856 g/mol. The van der Waals surface area contributed by atoms with Gasteiger partial charge in [-0.05, 0) is 112 Å². The number of nitrogens with zero attached hydrogens (tertiary/aromatic N) is 4. The first-order valence-electron chi connectivity index (χ1n) is 23.0. The van der Waals surface area contributed by atoms with Crippen molar-refractivity contribution in [1.29, 1.82) is 0 Å². The van der Waals surface area contributed by atoms with Crippen molar-refractivity contribution in [1.82, 2.24) is 14.1 Å². The number of hydrogen-bond acceptors (Lipinski definition) is 1. The van der Waals surface area contributed by atoms with Crippen LogP contribution in [0.1, 0.15) is 22.3 Å². The molecule has 67 heavy (non-hydrogen) atoms. The van der Waals surface area contributed by atoms with Crippen LogP contribution in [-0.4, -0.2) is 14.1 Å². The smallest absolute Gasteiger partial charge is 0.309 e. The lowest BCUT2D eigenvalue weighted by molar-refractivity contribution is -0.591. The van der Waals surface area contributed by atoms with Crippen molar-refractivity contribution < 1.29 is 4.57 Å². The summed E-state index contributed by atoms with van der Waals surface area (Å²) in [6, 6.07) is 92.4. The number of rotatable bonds is 8. The molecule has 0 radical (unpaired) electrons. The molecule has 10 aromatic carbocycles. The largest absolute Gasteiger partial charge is 0.409 e. The molecule has 3 aromatic heterocycles. The van der Waals surface area contributed by atoms with Gasteiger partial charge in [0.25, 0.3) is 0 Å². The van der Waals surface area contributed by atoms with Gasteiger partial charge in [0.15, 0.2) is 5.52 Å². The van der Waals surface area contributed by atoms with E-state index in [1.54, 1.807) is 0 Å². The third kappa shape index (κ3) is 6.15. The van der Waals surface area contributed by atoms with Gasteiger partial charge in [-0.25, -0.2) is 4.57 Å². The maximum Gasteiger partial charge on any atom is 0.409 e. The third-order valence-electron chi connectivity index (χ3n) is 13.7. The molecule has 0 aliphatic rings. The molecular weight excluding hydrogens is 813 g/mol. The first-order chi connectivity index (χ1) is 33.2. The van der Waals surface area contributed by atoms with Gasteiger partial charge in [-0.1, -0.05) is 181 Å². The Kier molecular flexibility index (Phi) is 9.04. The van der Waals surface area contributed by atoms with Gasteiger partial charge in [-0.15, -0.1) is 0 Å². The molecule has 314 valence electrons. The molecule has 13 rings (SSSR count). The van der Waals surface area contributed by atoms with Crippen LogP contribution in [0.4, 0.5) is 0 Å². The van der Waals surface area contributed by atoms with Crippen molar-refractivity contribution in [2.24, 2.45) is 0 Å². The highest BCUT2D eigenvalue weighted by atomic mass is 15.2. The Morgan fingerprint density at radius 3 is 1.43 bits per heavy atom. The van der Waals surface area contributed by atoms with E-state index in [0.717, 1.165) is 61.2 Å². The average Bonchev–Trinajstić information content (AvgIpc) is 3.92. The second kappa shape index (κ2) is 15.7. The first kappa shape index (κ1) is 38.6. The summed E-state index contributed by atoms with van der Waals surface area (Å²) in [6.45, 7) is 0. The van der Waals surface area contributed by atoms with Crippen LogP contribution in [0.25, 0.3) is 83.0 Å². The van der Waals surface area contributed by atoms with Crippen molar-refractivity contribution in [3.63, 3.8) is 0 Å². The van der Waals surface area contributed by atoms with E-state index in [2.05, 4.69) is 275 Å². The van der Waals surface area contributed by atoms with E-state index in [4.69, 9.17) is 4.98 Å². The number of para-hydroxylation sites is 4. The zero-order valence-corrected chi connectivity index (χ0v) is 36.6. The Morgan fingerprint density at radius 2 is 0.806 bits per heavy atom. The number of hydrogen-bond donors (Lipinski definition) is 0. The summed E-state index contributed by atoms with van der Waals surface area (Å²) in [4.78, 5) is 5.50. The van der Waals surface area contributed by atoms with Gasteiger partial charge in [0.05, 0.1) is 22.6 Å². The highest BCUT2D eigenvalue weighted by molar-refractivity contribution is 6.13. The van der Waals surface area contributed by atoms with Crippen LogP contribution >= 0.6 is 0 Å². The summed E-state index contributed by atoms with van der Waals surface area (Å²) in [7, 11) is 0. The molecule has 0 N–H and O–H groups in total. The maximum atomic E-state index is 5.50. The standard InChI is InChI=1S/C63H43N4/c1-6-21-47(22-7-1)63(48-23-8-2-9-24-48,49-25-10-3-11-26-49)50-36-39-61-56(42-50)55-41-45(44-34-37-59-54(40-44)53-31-17-19-33-58(53)66(59)52-29-14-5-15-30-52)35-38-60(55)67(61)62-64-57-32-18-16-20-46(57)43-65(62)51-27-12-4-13-28-51/h1-43H/q+1. The van der Waals surface area contributed by atoms with E-state index in [0.29, 0.717) is 0 Å². The quantitative estimate of drug-likeness (QED) is 0.110. The summed E-state index contributed by atoms with van der Waals surface area (Å²) in [5.74, 6) is 0.820. The van der Waals surface area contributed by atoms with Crippen LogP contribution in [0.15, 0.2) is 261 Å². The summed E-state index contributed by atoms with van der Waals surface area (Å²) < 4.78 is 6.98. The van der Waals surface area contributed by atoms with E-state index in [1.165, 1.54) is 44.1 Å². The van der Waals surface area contributed by atoms with Crippen LogP contribution in [0.3, 0.4) is 0 Å². The Bertz CT molecular complexity index is 3850. The molecule has 0 saturated heterocycles. The molecule has 0 atom stereocenters. The van der Waals surface area contributed by atoms with Gasteiger partial charge in [-0.3, -0.25) is 0 Å². The van der Waals surface area contributed by atoms with Crippen LogP contribution in [0.5, 0.6) is 0 Å². The fraction of sp³-hybridized carbons (Fsp3) is 0.0159. The van der Waals surface area contributed by atoms with Crippen molar-refractivity contribution >= 4 is 54.5 Å². The van der Waals surface area contributed by atoms with Gasteiger partial charge in [0, 0.05) is 32.6 Å². The van der Waals surface area contributed by atoms with Crippen molar-refractivity contribution in [2.75, 3.05) is 0 Å². The van der Waals surface area contributed by atoms with Gasteiger partial charge < -0.3 is 4.57 Å². The Morgan fingerprint density at radius 1 is 0.343 bits per heavy atom. The number of fused-ring (bicyclic) bond motifs is 7. The second-order valence-electron chi connectivity index (χ2n) is 17.4. The highest BCUT2D eigenvalue weighted by Gasteiger charge is 2.39. The molecule has 0 amide bonds. The summed E-state index contributed by atoms with van der Waals surface area (Å²) in [6.07, 6.45) is 2.22. The molecule has 0 bridgehead atoms. The van der Waals surface area contributed by atoms with Crippen LogP contribution < -0.4 is 4.57 Å². The minimum atomic E-state index is -0.618. The predicted octanol–water partition coefficient (Wildman–Crippen LogP) is 14.8. The predicted molar refractivity (Wildman–Crippen MR) is 276 cm³/mol. The summed E-state index contributed by atoms with van der Waals surface area (Å²) >= 11 is 0. The number of benzene rings is 10. The van der Waals surface area contributed by atoms with Crippen molar-refractivity contribution in [3.05, 3.63) is 283 Å². The van der Waals surface area contributed by atoms with Crippen molar-refractivity contribution in [3.8, 4) is 28.5 Å². The zero-order chi connectivity index (χ0) is 44.3. The molecule has 13 aromatic rings. The van der Waals surface area contributed by atoms with Gasteiger partial charge >= 0.3 is 5.95 Å². The molecular formula is C63H43N4+. The lowest BCUT2D eigenvalue weighted by atomic mass is 9.65. The van der Waals surface area contributed by atoms with E-state index in [1.807, 2.05) is 0 Å². The normalized spacial score (nSPS) is 11.9. The fourth-order valence-electron chi connectivity index (χ4n) is 10.7. The minimum absolute atomic E-state index is 0.618. The molecule has 0 unspecified atom stereocenters. The highest BCUT2D eigenvalue weighted by Crippen LogP contribution is 2.47. The lowest BCUT2D eigenvalue weighted by Gasteiger charge is -2.37. The summed E-state index contributed by atoms with van der Waals surface area (Å²) in [5, 5.41) is 5.83. The Balaban J connectivity index is 1.12. The topological polar surface area (TPSA) is 26.6 Å². The maximum absolute atomic E-state index is 5.50. The Labute approximate surface area is 388 Å². The van der Waals surface area contributed by atoms with Gasteiger partial charge in [0.1, 0.15) is 16.7 Å². The lowest BCUT2D eigenvalue weighted by Crippen LogP contribution is -2.37. The first-order valence-corrected chi connectivity index (χ1v) is 23.0. The van der Waals surface area contributed by atoms with Crippen LogP contribution in [0, 0.1) is 0 Å². The van der Waals surface area contributed by atoms with E-state index in [9.17, 15) is 0 Å². The molecule has 3 heterocycles. The molecule has 4 nitrogen and oxygen atoms in total. The molecule has 0 aliphatic heterocycles. The van der Waals surface area contributed by atoms with E-state index in [-0.39, 0.29) is 0 Å². The SMILES string of the molecule is c1ccc(-n2c3ccccc3c3cc(-c4ccc5c(c4)c4cc(C(c6ccccc6)(c6ccccc6)c6ccccc6)ccc4n5-c4nc5ccccc5c[n+]4-c4ccccc4)ccc32)cc1. The molecule has 0 fully saturated rings. The third-order valence-corrected chi connectivity index (χ3v) is 13.7. The minimum Gasteiger partial charge on any atom is -0.309 e. The van der Waals surface area contributed by atoms with Gasteiger partial charge in [0.2, 0.25) is 0 Å². The van der Waals surface area contributed by atoms with Crippen molar-refractivity contribution in [2.45, 2.75) is 5.41 Å². The van der Waals surface area contributed by atoms with Crippen LogP contribution in [-0.2, 0) is 5.41 Å². The van der Waals surface area contributed by atoms with E-state index >= 15 is 0 Å². The molecule has 0 saturated carbocycles. The molecule has 0 spiro atoms. The molecule has 4 heteroatoms. The van der Waals surface area contributed by atoms with Gasteiger partial charge in [-0.2, -0.15) is 4.57 Å². The number of aromatic nitrogens is 4. The Hall–Kier alpha value is -8.86. The second-order valence-corrected chi connectivity index (χ2v) is 17.4.